The highest BCUT2D eigenvalue weighted by Crippen LogP contribution is 2.31. The molecule has 0 amide bonds. The van der Waals surface area contributed by atoms with Crippen molar-refractivity contribution in [3.05, 3.63) is 28.2 Å². The first-order valence-corrected chi connectivity index (χ1v) is 7.84. The van der Waals surface area contributed by atoms with Gasteiger partial charge >= 0.3 is 0 Å². The standard InChI is InChI=1S/C11H14Cl2N2O2S/c1-2-15(8-6-14-7-8)18(16,17)10-5-3-4-9(12)11(10)13/h3-5,8,14H,2,6-7H2,1H3. The van der Waals surface area contributed by atoms with Gasteiger partial charge in [0.2, 0.25) is 10.0 Å². The average molecular weight is 309 g/mol. The van der Waals surface area contributed by atoms with Crippen LogP contribution >= 0.6 is 23.2 Å². The van der Waals surface area contributed by atoms with E-state index in [4.69, 9.17) is 23.2 Å². The minimum atomic E-state index is -3.59. The number of rotatable bonds is 4. The molecule has 2 rings (SSSR count). The summed E-state index contributed by atoms with van der Waals surface area (Å²) in [7, 11) is -3.59. The van der Waals surface area contributed by atoms with Crippen molar-refractivity contribution in [2.45, 2.75) is 17.9 Å². The third kappa shape index (κ3) is 2.38. The maximum Gasteiger partial charge on any atom is 0.244 e. The van der Waals surface area contributed by atoms with Crippen LogP contribution in [-0.2, 0) is 10.0 Å². The lowest BCUT2D eigenvalue weighted by Gasteiger charge is -2.36. The zero-order chi connectivity index (χ0) is 13.3. The van der Waals surface area contributed by atoms with Crippen LogP contribution in [0.4, 0.5) is 0 Å². The number of hydrogen-bond donors (Lipinski definition) is 1. The fourth-order valence-corrected chi connectivity index (χ4v) is 4.28. The van der Waals surface area contributed by atoms with Gasteiger partial charge in [-0.1, -0.05) is 36.2 Å². The predicted octanol–water partition coefficient (Wildman–Crippen LogP) is 1.98. The van der Waals surface area contributed by atoms with E-state index in [1.807, 2.05) is 6.92 Å². The Labute approximate surface area is 117 Å². The van der Waals surface area contributed by atoms with E-state index >= 15 is 0 Å². The molecule has 1 aliphatic rings. The zero-order valence-electron chi connectivity index (χ0n) is 9.86. The Balaban J connectivity index is 2.43. The highest BCUT2D eigenvalue weighted by molar-refractivity contribution is 7.89. The van der Waals surface area contributed by atoms with E-state index in [0.717, 1.165) is 0 Å². The van der Waals surface area contributed by atoms with Crippen molar-refractivity contribution in [1.29, 1.82) is 0 Å². The summed E-state index contributed by atoms with van der Waals surface area (Å²) >= 11 is 11.9. The van der Waals surface area contributed by atoms with Gasteiger partial charge in [0.25, 0.3) is 0 Å². The molecule has 0 aliphatic carbocycles. The quantitative estimate of drug-likeness (QED) is 0.925. The predicted molar refractivity (Wildman–Crippen MR) is 72.7 cm³/mol. The fraction of sp³-hybridized carbons (Fsp3) is 0.455. The van der Waals surface area contributed by atoms with Crippen LogP contribution in [0.15, 0.2) is 23.1 Å². The van der Waals surface area contributed by atoms with Gasteiger partial charge in [0, 0.05) is 19.6 Å². The van der Waals surface area contributed by atoms with Crippen molar-refractivity contribution in [2.75, 3.05) is 19.6 Å². The molecule has 1 N–H and O–H groups in total. The van der Waals surface area contributed by atoms with Crippen molar-refractivity contribution in [3.8, 4) is 0 Å². The number of halogens is 2. The second-order valence-electron chi connectivity index (χ2n) is 4.07. The van der Waals surface area contributed by atoms with Gasteiger partial charge in [0.05, 0.1) is 16.1 Å². The van der Waals surface area contributed by atoms with Gasteiger partial charge in [-0.05, 0) is 12.1 Å². The van der Waals surface area contributed by atoms with E-state index < -0.39 is 10.0 Å². The van der Waals surface area contributed by atoms with Gasteiger partial charge in [-0.25, -0.2) is 8.42 Å². The number of likely N-dealkylation sites (N-methyl/N-ethyl adjacent to an activating group) is 1. The largest absolute Gasteiger partial charge is 0.313 e. The molecule has 18 heavy (non-hydrogen) atoms. The van der Waals surface area contributed by atoms with Gasteiger partial charge in [-0.2, -0.15) is 4.31 Å². The van der Waals surface area contributed by atoms with Crippen LogP contribution < -0.4 is 5.32 Å². The van der Waals surface area contributed by atoms with Crippen LogP contribution in [0.3, 0.4) is 0 Å². The zero-order valence-corrected chi connectivity index (χ0v) is 12.2. The molecule has 0 aromatic heterocycles. The van der Waals surface area contributed by atoms with E-state index in [-0.39, 0.29) is 21.0 Å². The molecule has 1 fully saturated rings. The monoisotopic (exact) mass is 308 g/mol. The van der Waals surface area contributed by atoms with E-state index in [0.29, 0.717) is 19.6 Å². The summed E-state index contributed by atoms with van der Waals surface area (Å²) in [6.07, 6.45) is 0. The smallest absolute Gasteiger partial charge is 0.244 e. The second-order valence-corrected chi connectivity index (χ2v) is 6.72. The van der Waals surface area contributed by atoms with E-state index in [1.54, 1.807) is 12.1 Å². The highest BCUT2D eigenvalue weighted by Gasteiger charge is 2.34. The van der Waals surface area contributed by atoms with E-state index in [2.05, 4.69) is 5.32 Å². The van der Waals surface area contributed by atoms with Crippen LogP contribution in [0.2, 0.25) is 10.0 Å². The van der Waals surface area contributed by atoms with Gasteiger partial charge < -0.3 is 5.32 Å². The summed E-state index contributed by atoms with van der Waals surface area (Å²) in [5.41, 5.74) is 0. The lowest BCUT2D eigenvalue weighted by molar-refractivity contribution is 0.249. The van der Waals surface area contributed by atoms with Crippen molar-refractivity contribution < 1.29 is 8.42 Å². The molecule has 0 saturated carbocycles. The third-order valence-corrected chi connectivity index (χ3v) is 5.98. The highest BCUT2D eigenvalue weighted by atomic mass is 35.5. The Hall–Kier alpha value is -0.330. The molecular formula is C11H14Cl2N2O2S. The Morgan fingerprint density at radius 2 is 2.06 bits per heavy atom. The fourth-order valence-electron chi connectivity index (χ4n) is 1.91. The summed E-state index contributed by atoms with van der Waals surface area (Å²) in [6.45, 7) is 3.57. The summed E-state index contributed by atoms with van der Waals surface area (Å²) in [5, 5.41) is 3.40. The lowest BCUT2D eigenvalue weighted by Crippen LogP contribution is -2.58. The first-order valence-electron chi connectivity index (χ1n) is 5.65. The molecule has 7 heteroatoms. The molecule has 0 bridgehead atoms. The Kier molecular flexibility index (Phi) is 4.18. The molecule has 4 nitrogen and oxygen atoms in total. The summed E-state index contributed by atoms with van der Waals surface area (Å²) < 4.78 is 26.5. The van der Waals surface area contributed by atoms with Crippen LogP contribution in [0, 0.1) is 0 Å². The number of nitrogens with one attached hydrogen (secondary N) is 1. The summed E-state index contributed by atoms with van der Waals surface area (Å²) in [6, 6.07) is 4.64. The summed E-state index contributed by atoms with van der Waals surface area (Å²) in [5.74, 6) is 0. The van der Waals surface area contributed by atoms with E-state index in [1.165, 1.54) is 10.4 Å². The molecule has 0 atom stereocenters. The molecule has 0 spiro atoms. The minimum absolute atomic E-state index is 0.00458. The maximum atomic E-state index is 12.5. The third-order valence-electron chi connectivity index (χ3n) is 2.98. The number of nitrogens with zero attached hydrogens (tertiary/aromatic N) is 1. The van der Waals surface area contributed by atoms with Crippen LogP contribution in [0.25, 0.3) is 0 Å². The molecule has 0 radical (unpaired) electrons. The van der Waals surface area contributed by atoms with Crippen molar-refractivity contribution in [1.82, 2.24) is 9.62 Å². The van der Waals surface area contributed by atoms with Crippen molar-refractivity contribution in [2.24, 2.45) is 0 Å². The molecule has 100 valence electrons. The second kappa shape index (κ2) is 5.35. The maximum absolute atomic E-state index is 12.5. The first-order chi connectivity index (χ1) is 8.48. The number of benzene rings is 1. The normalized spacial score (nSPS) is 16.9. The molecule has 0 unspecified atom stereocenters. The van der Waals surface area contributed by atoms with Crippen molar-refractivity contribution >= 4 is 33.2 Å². The Bertz CT molecular complexity index is 544. The molecule has 1 heterocycles. The Morgan fingerprint density at radius 1 is 1.39 bits per heavy atom. The molecule has 1 aromatic carbocycles. The van der Waals surface area contributed by atoms with Gasteiger partial charge in [0.15, 0.2) is 0 Å². The van der Waals surface area contributed by atoms with E-state index in [9.17, 15) is 8.42 Å². The van der Waals surface area contributed by atoms with Gasteiger partial charge in [-0.3, -0.25) is 0 Å². The SMILES string of the molecule is CCN(C1CNC1)S(=O)(=O)c1cccc(Cl)c1Cl. The van der Waals surface area contributed by atoms with Crippen LogP contribution in [0.1, 0.15) is 6.92 Å². The topological polar surface area (TPSA) is 49.4 Å². The van der Waals surface area contributed by atoms with Crippen LogP contribution in [0.5, 0.6) is 0 Å². The van der Waals surface area contributed by atoms with Crippen molar-refractivity contribution in [3.63, 3.8) is 0 Å². The minimum Gasteiger partial charge on any atom is -0.313 e. The molecule has 1 saturated heterocycles. The molecular weight excluding hydrogens is 295 g/mol. The summed E-state index contributed by atoms with van der Waals surface area (Å²) in [4.78, 5) is 0.0745. The lowest BCUT2D eigenvalue weighted by atomic mass is 10.2. The number of sulfonamides is 1. The average Bonchev–Trinajstić information content (AvgIpc) is 2.26. The molecule has 1 aromatic rings. The first kappa shape index (κ1) is 14.1. The number of hydrogen-bond acceptors (Lipinski definition) is 3. The van der Waals surface area contributed by atoms with Gasteiger partial charge in [0.1, 0.15) is 4.90 Å². The van der Waals surface area contributed by atoms with Gasteiger partial charge in [-0.15, -0.1) is 0 Å². The Morgan fingerprint density at radius 3 is 2.56 bits per heavy atom. The van der Waals surface area contributed by atoms with Crippen LogP contribution in [-0.4, -0.2) is 38.4 Å². The molecule has 1 aliphatic heterocycles.